The van der Waals surface area contributed by atoms with Crippen LogP contribution >= 0.6 is 0 Å². The molecular formula is C27H25N3O. The molecule has 4 nitrogen and oxygen atoms in total. The molecule has 0 saturated carbocycles. The third-order valence-electron chi connectivity index (χ3n) is 7.33. The summed E-state index contributed by atoms with van der Waals surface area (Å²) in [4.78, 5) is 14.7. The molecule has 3 aromatic carbocycles. The van der Waals surface area contributed by atoms with Crippen molar-refractivity contribution in [2.45, 2.75) is 24.9 Å². The lowest BCUT2D eigenvalue weighted by molar-refractivity contribution is -0.118. The Morgan fingerprint density at radius 1 is 0.935 bits per heavy atom. The molecule has 31 heavy (non-hydrogen) atoms. The molecule has 1 saturated heterocycles. The zero-order valence-corrected chi connectivity index (χ0v) is 18.0. The molecule has 4 aromatic rings. The summed E-state index contributed by atoms with van der Waals surface area (Å²) in [5.74, 6) is 0.0661. The van der Waals surface area contributed by atoms with Gasteiger partial charge >= 0.3 is 0 Å². The quantitative estimate of drug-likeness (QED) is 0.509. The summed E-state index contributed by atoms with van der Waals surface area (Å²) in [6.45, 7) is 4.82. The Labute approximate surface area is 181 Å². The minimum Gasteiger partial charge on any atom is -0.344 e. The second-order valence-electron chi connectivity index (χ2n) is 9.23. The van der Waals surface area contributed by atoms with Crippen LogP contribution in [0, 0.1) is 0 Å². The average molecular weight is 408 g/mol. The number of para-hydroxylation sites is 2. The Bertz CT molecular complexity index is 1410. The Balaban J connectivity index is 1.48. The number of nitrogens with one attached hydrogen (secondary N) is 1. The summed E-state index contributed by atoms with van der Waals surface area (Å²) in [6, 6.07) is 23.5. The largest absolute Gasteiger partial charge is 0.344 e. The molecule has 1 amide bonds. The number of carbonyl (C=O) groups is 1. The van der Waals surface area contributed by atoms with E-state index in [9.17, 15) is 4.79 Å². The SMILES string of the molecule is Cn1c2ccccc2c2ccc(/C=C/C34NC(=O)CN3c3ccccc3C4(C)C)cc21. The predicted octanol–water partition coefficient (Wildman–Crippen LogP) is 4.97. The van der Waals surface area contributed by atoms with Crippen molar-refractivity contribution in [3.05, 3.63) is 83.9 Å². The molecule has 6 rings (SSSR count). The van der Waals surface area contributed by atoms with E-state index >= 15 is 0 Å². The van der Waals surface area contributed by atoms with Crippen molar-refractivity contribution in [1.29, 1.82) is 0 Å². The van der Waals surface area contributed by atoms with Gasteiger partial charge < -0.3 is 14.8 Å². The van der Waals surface area contributed by atoms with Gasteiger partial charge in [-0.15, -0.1) is 0 Å². The molecule has 3 heterocycles. The number of anilines is 1. The maximum atomic E-state index is 12.5. The number of aryl methyl sites for hydroxylation is 1. The average Bonchev–Trinajstić information content (AvgIpc) is 3.33. The van der Waals surface area contributed by atoms with Gasteiger partial charge in [-0.1, -0.05) is 68.5 Å². The first-order valence-electron chi connectivity index (χ1n) is 10.8. The van der Waals surface area contributed by atoms with Crippen LogP contribution < -0.4 is 10.2 Å². The maximum Gasteiger partial charge on any atom is 0.241 e. The Morgan fingerprint density at radius 2 is 1.68 bits per heavy atom. The highest BCUT2D eigenvalue weighted by Crippen LogP contribution is 2.52. The van der Waals surface area contributed by atoms with Gasteiger partial charge in [0.1, 0.15) is 5.66 Å². The van der Waals surface area contributed by atoms with Crippen LogP contribution in [-0.4, -0.2) is 22.7 Å². The summed E-state index contributed by atoms with van der Waals surface area (Å²) in [5.41, 5.74) is 5.16. The molecular weight excluding hydrogens is 382 g/mol. The number of aromatic nitrogens is 1. The van der Waals surface area contributed by atoms with Gasteiger partial charge in [0.05, 0.1) is 6.54 Å². The van der Waals surface area contributed by atoms with Crippen molar-refractivity contribution in [1.82, 2.24) is 9.88 Å². The number of carbonyl (C=O) groups excluding carboxylic acids is 1. The van der Waals surface area contributed by atoms with Gasteiger partial charge in [-0.3, -0.25) is 4.79 Å². The van der Waals surface area contributed by atoms with Crippen molar-refractivity contribution in [3.63, 3.8) is 0 Å². The zero-order chi connectivity index (χ0) is 21.4. The Hall–Kier alpha value is -3.53. The van der Waals surface area contributed by atoms with E-state index in [0.29, 0.717) is 6.54 Å². The van der Waals surface area contributed by atoms with Gasteiger partial charge in [0.15, 0.2) is 0 Å². The second-order valence-corrected chi connectivity index (χ2v) is 9.23. The third kappa shape index (κ3) is 2.27. The number of nitrogens with zero attached hydrogens (tertiary/aromatic N) is 2. The van der Waals surface area contributed by atoms with Crippen molar-refractivity contribution in [3.8, 4) is 0 Å². The molecule has 2 aliphatic rings. The lowest BCUT2D eigenvalue weighted by atomic mass is 9.75. The lowest BCUT2D eigenvalue weighted by Crippen LogP contribution is -2.58. The van der Waals surface area contributed by atoms with E-state index in [0.717, 1.165) is 11.3 Å². The summed E-state index contributed by atoms with van der Waals surface area (Å²) < 4.78 is 2.25. The molecule has 1 N–H and O–H groups in total. The van der Waals surface area contributed by atoms with Crippen molar-refractivity contribution < 1.29 is 4.79 Å². The molecule has 0 spiro atoms. The molecule has 154 valence electrons. The highest BCUT2D eigenvalue weighted by atomic mass is 16.2. The molecule has 1 atom stereocenters. The van der Waals surface area contributed by atoms with Crippen LogP contribution in [0.5, 0.6) is 0 Å². The van der Waals surface area contributed by atoms with E-state index < -0.39 is 5.66 Å². The second kappa shape index (κ2) is 6.01. The fourth-order valence-electron chi connectivity index (χ4n) is 5.64. The summed E-state index contributed by atoms with van der Waals surface area (Å²) in [5, 5.41) is 5.84. The van der Waals surface area contributed by atoms with E-state index in [1.165, 1.54) is 27.4 Å². The molecule has 2 aliphatic heterocycles. The van der Waals surface area contributed by atoms with E-state index in [2.05, 4.69) is 108 Å². The number of rotatable bonds is 2. The van der Waals surface area contributed by atoms with Crippen molar-refractivity contribution in [2.24, 2.45) is 7.05 Å². The van der Waals surface area contributed by atoms with Crippen molar-refractivity contribution >= 4 is 39.5 Å². The zero-order valence-electron chi connectivity index (χ0n) is 18.0. The highest BCUT2D eigenvalue weighted by molar-refractivity contribution is 6.08. The molecule has 0 aliphatic carbocycles. The molecule has 1 unspecified atom stereocenters. The summed E-state index contributed by atoms with van der Waals surface area (Å²) in [7, 11) is 2.12. The van der Waals surface area contributed by atoms with Crippen LogP contribution in [0.2, 0.25) is 0 Å². The van der Waals surface area contributed by atoms with Gasteiger partial charge in [-0.05, 0) is 35.4 Å². The van der Waals surface area contributed by atoms with Gasteiger partial charge in [0, 0.05) is 40.0 Å². The Morgan fingerprint density at radius 3 is 2.55 bits per heavy atom. The number of amides is 1. The monoisotopic (exact) mass is 407 g/mol. The lowest BCUT2D eigenvalue weighted by Gasteiger charge is -2.40. The molecule has 0 bridgehead atoms. The first kappa shape index (κ1) is 18.3. The first-order chi connectivity index (χ1) is 14.9. The van der Waals surface area contributed by atoms with E-state index in [-0.39, 0.29) is 11.3 Å². The minimum absolute atomic E-state index is 0.0661. The van der Waals surface area contributed by atoms with E-state index in [1.54, 1.807) is 0 Å². The minimum atomic E-state index is -0.568. The number of benzene rings is 3. The third-order valence-corrected chi connectivity index (χ3v) is 7.33. The summed E-state index contributed by atoms with van der Waals surface area (Å²) >= 11 is 0. The van der Waals surface area contributed by atoms with Crippen LogP contribution in [0.3, 0.4) is 0 Å². The topological polar surface area (TPSA) is 37.3 Å². The summed E-state index contributed by atoms with van der Waals surface area (Å²) in [6.07, 6.45) is 4.34. The van der Waals surface area contributed by atoms with E-state index in [1.807, 2.05) is 6.07 Å². The fraction of sp³-hybridized carbons (Fsp3) is 0.222. The van der Waals surface area contributed by atoms with Gasteiger partial charge in [-0.25, -0.2) is 0 Å². The Kier molecular flexibility index (Phi) is 3.54. The number of hydrogen-bond acceptors (Lipinski definition) is 2. The van der Waals surface area contributed by atoms with Crippen LogP contribution in [-0.2, 0) is 17.3 Å². The fourth-order valence-corrected chi connectivity index (χ4v) is 5.64. The predicted molar refractivity (Wildman–Crippen MR) is 127 cm³/mol. The van der Waals surface area contributed by atoms with Crippen LogP contribution in [0.4, 0.5) is 5.69 Å². The molecule has 0 radical (unpaired) electrons. The smallest absolute Gasteiger partial charge is 0.241 e. The number of hydrogen-bond donors (Lipinski definition) is 1. The highest BCUT2D eigenvalue weighted by Gasteiger charge is 2.59. The molecule has 1 fully saturated rings. The van der Waals surface area contributed by atoms with Gasteiger partial charge in [0.2, 0.25) is 5.91 Å². The van der Waals surface area contributed by atoms with Crippen LogP contribution in [0.1, 0.15) is 25.0 Å². The number of fused-ring (bicyclic) bond motifs is 6. The standard InChI is InChI=1S/C27H25N3O/c1-26(2)21-9-5-7-11-23(21)30-17-25(31)28-27(26,30)15-14-18-12-13-20-19-8-4-6-10-22(19)29(3)24(20)16-18/h4-16H,17H2,1-3H3,(H,28,31)/b15-14+. The first-order valence-corrected chi connectivity index (χ1v) is 10.8. The van der Waals surface area contributed by atoms with E-state index in [4.69, 9.17) is 0 Å². The van der Waals surface area contributed by atoms with Crippen molar-refractivity contribution in [2.75, 3.05) is 11.4 Å². The molecule has 1 aromatic heterocycles. The molecule has 4 heteroatoms. The van der Waals surface area contributed by atoms with Crippen LogP contribution in [0.25, 0.3) is 27.9 Å². The van der Waals surface area contributed by atoms with Gasteiger partial charge in [0.25, 0.3) is 0 Å². The normalized spacial score (nSPS) is 21.8. The maximum absolute atomic E-state index is 12.5. The van der Waals surface area contributed by atoms with Crippen LogP contribution in [0.15, 0.2) is 72.8 Å². The van der Waals surface area contributed by atoms with Gasteiger partial charge in [-0.2, -0.15) is 0 Å².